The summed E-state index contributed by atoms with van der Waals surface area (Å²) in [6.07, 6.45) is -1.20. The van der Waals surface area contributed by atoms with Crippen molar-refractivity contribution in [3.8, 4) is 0 Å². The second-order valence-corrected chi connectivity index (χ2v) is 8.12. The number of carbonyl (C=O) groups is 1. The van der Waals surface area contributed by atoms with Crippen molar-refractivity contribution < 1.29 is 18.0 Å². The Morgan fingerprint density at radius 1 is 1.14 bits per heavy atom. The first kappa shape index (κ1) is 19.8. The number of rotatable bonds is 4. The summed E-state index contributed by atoms with van der Waals surface area (Å²) in [6, 6.07) is 11.3. The zero-order valence-corrected chi connectivity index (χ0v) is 16.6. The van der Waals surface area contributed by atoms with Gasteiger partial charge in [0.2, 0.25) is 5.91 Å². The van der Waals surface area contributed by atoms with Crippen LogP contribution < -0.4 is 5.32 Å². The van der Waals surface area contributed by atoms with Crippen LogP contribution in [0.1, 0.15) is 28.7 Å². The molecule has 1 aliphatic rings. The number of nitrogens with zero attached hydrogens (tertiary/aromatic N) is 1. The molecule has 3 nitrogen and oxygen atoms in total. The molecular formula is C22H19F3N2OS. The van der Waals surface area contributed by atoms with E-state index in [1.807, 2.05) is 6.92 Å². The molecule has 4 rings (SSSR count). The minimum absolute atomic E-state index is 0.0174. The number of para-hydroxylation sites is 1. The van der Waals surface area contributed by atoms with Gasteiger partial charge in [-0.15, -0.1) is 0 Å². The average molecular weight is 416 g/mol. The third kappa shape index (κ3) is 4.24. The van der Waals surface area contributed by atoms with Crippen LogP contribution in [0.5, 0.6) is 0 Å². The molecule has 1 aliphatic carbocycles. The third-order valence-corrected chi connectivity index (χ3v) is 6.11. The second kappa shape index (κ2) is 7.71. The molecule has 0 radical (unpaired) electrons. The molecule has 3 aromatic rings. The van der Waals surface area contributed by atoms with Crippen molar-refractivity contribution in [2.24, 2.45) is 0 Å². The maximum absolute atomic E-state index is 13.1. The molecular weight excluding hydrogens is 397 g/mol. The van der Waals surface area contributed by atoms with E-state index in [1.54, 1.807) is 0 Å². The van der Waals surface area contributed by atoms with Crippen LogP contribution in [0.15, 0.2) is 47.5 Å². The van der Waals surface area contributed by atoms with Crippen molar-refractivity contribution >= 4 is 34.3 Å². The van der Waals surface area contributed by atoms with Gasteiger partial charge in [-0.2, -0.15) is 13.2 Å². The van der Waals surface area contributed by atoms with Gasteiger partial charge in [0.1, 0.15) is 5.03 Å². The van der Waals surface area contributed by atoms with Gasteiger partial charge in [0.15, 0.2) is 0 Å². The lowest BCUT2D eigenvalue weighted by molar-refractivity contribution is -0.137. The predicted octanol–water partition coefficient (Wildman–Crippen LogP) is 5.78. The summed E-state index contributed by atoms with van der Waals surface area (Å²) in [7, 11) is 0. The van der Waals surface area contributed by atoms with Gasteiger partial charge in [-0.3, -0.25) is 4.79 Å². The number of hydrogen-bond acceptors (Lipinski definition) is 3. The number of benzene rings is 2. The van der Waals surface area contributed by atoms with E-state index in [9.17, 15) is 18.0 Å². The Hall–Kier alpha value is -2.54. The van der Waals surface area contributed by atoms with E-state index in [2.05, 4.69) is 23.5 Å². The van der Waals surface area contributed by atoms with Crippen LogP contribution in [-0.2, 0) is 23.8 Å². The smallest absolute Gasteiger partial charge is 0.325 e. The van der Waals surface area contributed by atoms with E-state index in [0.717, 1.165) is 46.8 Å². The van der Waals surface area contributed by atoms with Gasteiger partial charge < -0.3 is 5.32 Å². The quantitative estimate of drug-likeness (QED) is 0.548. The number of halogens is 3. The molecule has 0 atom stereocenters. The van der Waals surface area contributed by atoms with Gasteiger partial charge in [-0.05, 0) is 73.2 Å². The fraction of sp³-hybridized carbons (Fsp3) is 0.273. The Bertz CT molecular complexity index is 1100. The summed E-state index contributed by atoms with van der Waals surface area (Å²) in [4.78, 5) is 17.0. The summed E-state index contributed by atoms with van der Waals surface area (Å²) in [6.45, 7) is 1.93. The second-order valence-electron chi connectivity index (χ2n) is 7.16. The molecule has 1 heterocycles. The minimum Gasteiger partial charge on any atom is -0.325 e. The van der Waals surface area contributed by atoms with Gasteiger partial charge in [0.05, 0.1) is 22.5 Å². The highest BCUT2D eigenvalue weighted by atomic mass is 32.2. The number of aryl methyl sites for hydroxylation is 3. The summed E-state index contributed by atoms with van der Waals surface area (Å²) >= 11 is 1.23. The first-order valence-corrected chi connectivity index (χ1v) is 10.3. The molecule has 1 N–H and O–H groups in total. The van der Waals surface area contributed by atoms with Gasteiger partial charge in [-0.25, -0.2) is 4.98 Å². The number of amides is 1. The van der Waals surface area contributed by atoms with Crippen molar-refractivity contribution in [3.63, 3.8) is 0 Å². The van der Waals surface area contributed by atoms with E-state index in [4.69, 9.17) is 4.98 Å². The number of carbonyl (C=O) groups excluding carboxylic acids is 1. The van der Waals surface area contributed by atoms with Crippen LogP contribution >= 0.6 is 11.8 Å². The molecule has 0 unspecified atom stereocenters. The molecule has 0 saturated heterocycles. The van der Waals surface area contributed by atoms with Crippen LogP contribution in [0, 0.1) is 6.92 Å². The fourth-order valence-electron chi connectivity index (χ4n) is 3.64. The first-order valence-electron chi connectivity index (χ1n) is 9.33. The third-order valence-electron chi connectivity index (χ3n) is 5.02. The number of nitrogens with one attached hydrogen (secondary N) is 1. The molecule has 29 heavy (non-hydrogen) atoms. The summed E-state index contributed by atoms with van der Waals surface area (Å²) in [5.41, 5.74) is 3.45. The van der Waals surface area contributed by atoms with Gasteiger partial charge in [0, 0.05) is 5.39 Å². The lowest BCUT2D eigenvalue weighted by Crippen LogP contribution is -2.18. The van der Waals surface area contributed by atoms with Crippen molar-refractivity contribution in [3.05, 3.63) is 64.7 Å². The molecule has 0 saturated carbocycles. The van der Waals surface area contributed by atoms with Crippen molar-refractivity contribution in [2.45, 2.75) is 37.4 Å². The van der Waals surface area contributed by atoms with E-state index < -0.39 is 17.6 Å². The van der Waals surface area contributed by atoms with Crippen LogP contribution in [0.2, 0.25) is 0 Å². The Morgan fingerprint density at radius 2 is 1.86 bits per heavy atom. The molecule has 0 bridgehead atoms. The normalized spacial score (nSPS) is 13.5. The zero-order valence-electron chi connectivity index (χ0n) is 15.8. The van der Waals surface area contributed by atoms with Crippen molar-refractivity contribution in [2.75, 3.05) is 11.1 Å². The number of aromatic nitrogens is 1. The standard InChI is InChI=1S/C22H19F3N2OS/c1-13-9-16-10-14-5-4-6-15(14)11-19(16)27-21(13)29-12-20(28)26-18-8-3-2-7-17(18)22(23,24)25/h2-3,7-11H,4-6,12H2,1H3,(H,26,28). The summed E-state index contributed by atoms with van der Waals surface area (Å²) in [5, 5.41) is 4.17. The number of alkyl halides is 3. The molecule has 0 fully saturated rings. The van der Waals surface area contributed by atoms with Crippen molar-refractivity contribution in [1.82, 2.24) is 4.98 Å². The highest BCUT2D eigenvalue weighted by molar-refractivity contribution is 8.00. The van der Waals surface area contributed by atoms with Crippen molar-refractivity contribution in [1.29, 1.82) is 0 Å². The first-order chi connectivity index (χ1) is 13.8. The fourth-order valence-corrected chi connectivity index (χ4v) is 4.43. The molecule has 2 aromatic carbocycles. The lowest BCUT2D eigenvalue weighted by atomic mass is 10.1. The maximum Gasteiger partial charge on any atom is 0.418 e. The van der Waals surface area contributed by atoms with Crippen LogP contribution in [-0.4, -0.2) is 16.6 Å². The highest BCUT2D eigenvalue weighted by Gasteiger charge is 2.33. The van der Waals surface area contributed by atoms with Crippen LogP contribution in [0.3, 0.4) is 0 Å². The summed E-state index contributed by atoms with van der Waals surface area (Å²) in [5.74, 6) is -0.516. The monoisotopic (exact) mass is 416 g/mol. The minimum atomic E-state index is -4.52. The highest BCUT2D eigenvalue weighted by Crippen LogP contribution is 2.35. The SMILES string of the molecule is Cc1cc2cc3c(cc2nc1SCC(=O)Nc1ccccc1C(F)(F)F)CCC3. The number of pyridine rings is 1. The maximum atomic E-state index is 13.1. The number of fused-ring (bicyclic) bond motifs is 2. The molecule has 0 aliphatic heterocycles. The Balaban J connectivity index is 1.49. The molecule has 0 spiro atoms. The number of thioether (sulfide) groups is 1. The van der Waals surface area contributed by atoms with Gasteiger partial charge >= 0.3 is 6.18 Å². The largest absolute Gasteiger partial charge is 0.418 e. The molecule has 150 valence electrons. The van der Waals surface area contributed by atoms with E-state index in [1.165, 1.54) is 41.1 Å². The Labute approximate surface area is 170 Å². The Kier molecular flexibility index (Phi) is 5.25. The lowest BCUT2D eigenvalue weighted by Gasteiger charge is -2.13. The zero-order chi connectivity index (χ0) is 20.6. The Morgan fingerprint density at radius 3 is 2.62 bits per heavy atom. The van der Waals surface area contributed by atoms with Crippen LogP contribution in [0.25, 0.3) is 10.9 Å². The summed E-state index contributed by atoms with van der Waals surface area (Å²) < 4.78 is 39.2. The van der Waals surface area contributed by atoms with Gasteiger partial charge in [-0.1, -0.05) is 23.9 Å². The molecule has 7 heteroatoms. The number of anilines is 1. The van der Waals surface area contributed by atoms with Gasteiger partial charge in [0.25, 0.3) is 0 Å². The van der Waals surface area contributed by atoms with E-state index >= 15 is 0 Å². The van der Waals surface area contributed by atoms with E-state index in [0.29, 0.717) is 0 Å². The average Bonchev–Trinajstić information content (AvgIpc) is 3.11. The van der Waals surface area contributed by atoms with E-state index in [-0.39, 0.29) is 11.4 Å². The molecule has 1 amide bonds. The number of hydrogen-bond donors (Lipinski definition) is 1. The predicted molar refractivity (Wildman–Crippen MR) is 109 cm³/mol. The topological polar surface area (TPSA) is 42.0 Å². The van der Waals surface area contributed by atoms with Crippen LogP contribution in [0.4, 0.5) is 18.9 Å². The molecule has 1 aromatic heterocycles.